The van der Waals surface area contributed by atoms with Crippen molar-refractivity contribution in [1.82, 2.24) is 0 Å². The number of ketones is 2. The lowest BCUT2D eigenvalue weighted by Gasteiger charge is -2.61. The molecule has 0 spiro atoms. The molecule has 1 heterocycles. The number of aliphatic hydroxyl groups is 2. The predicted molar refractivity (Wildman–Crippen MR) is 109 cm³/mol. The molecule has 2 N–H and O–H groups in total. The first-order valence-corrected chi connectivity index (χ1v) is 11.5. The monoisotopic (exact) mass is 436 g/mol. The molecular formula is C24H33FO6. The highest BCUT2D eigenvalue weighted by Crippen LogP contribution is 2.70. The van der Waals surface area contributed by atoms with Crippen LogP contribution in [0.25, 0.3) is 0 Å². The molecule has 5 aliphatic rings. The number of Topliss-reactive ketones (excluding diaryl/α,β-unsaturated/α-hetero) is 1. The zero-order chi connectivity index (χ0) is 22.6. The predicted octanol–water partition coefficient (Wildman–Crippen LogP) is 2.50. The van der Waals surface area contributed by atoms with Crippen molar-refractivity contribution in [3.8, 4) is 0 Å². The molecule has 0 aromatic carbocycles. The van der Waals surface area contributed by atoms with E-state index in [1.807, 2.05) is 13.8 Å². The van der Waals surface area contributed by atoms with E-state index in [1.54, 1.807) is 13.8 Å². The third kappa shape index (κ3) is 2.58. The molecular weight excluding hydrogens is 403 g/mol. The Morgan fingerprint density at radius 2 is 1.97 bits per heavy atom. The lowest BCUT2D eigenvalue weighted by Crippen LogP contribution is -2.64. The van der Waals surface area contributed by atoms with Gasteiger partial charge in [-0.3, -0.25) is 9.59 Å². The third-order valence-electron chi connectivity index (χ3n) is 9.42. The van der Waals surface area contributed by atoms with Gasteiger partial charge in [0.15, 0.2) is 23.0 Å². The molecule has 1 aliphatic heterocycles. The van der Waals surface area contributed by atoms with Crippen LogP contribution >= 0.6 is 0 Å². The largest absolute Gasteiger partial charge is 0.393 e. The highest BCUT2D eigenvalue weighted by molar-refractivity contribution is 5.92. The summed E-state index contributed by atoms with van der Waals surface area (Å²) in [7, 11) is 0. The van der Waals surface area contributed by atoms with Gasteiger partial charge in [0.25, 0.3) is 0 Å². The maximum atomic E-state index is 15.5. The number of halogens is 1. The van der Waals surface area contributed by atoms with Crippen molar-refractivity contribution in [2.24, 2.45) is 28.6 Å². The van der Waals surface area contributed by atoms with Gasteiger partial charge in [-0.2, -0.15) is 0 Å². The highest BCUT2D eigenvalue weighted by atomic mass is 19.1. The Morgan fingerprint density at radius 1 is 1.26 bits per heavy atom. The average Bonchev–Trinajstić information content (AvgIpc) is 3.08. The molecule has 5 rings (SSSR count). The summed E-state index contributed by atoms with van der Waals surface area (Å²) in [5, 5.41) is 21.3. The molecule has 1 saturated heterocycles. The first-order chi connectivity index (χ1) is 14.4. The minimum absolute atomic E-state index is 0.0457. The number of ether oxygens (including phenoxy) is 2. The summed E-state index contributed by atoms with van der Waals surface area (Å²) in [6.07, 6.45) is 0.872. The zero-order valence-electron chi connectivity index (χ0n) is 18.7. The molecule has 7 heteroatoms. The lowest BCUT2D eigenvalue weighted by molar-refractivity contribution is -0.228. The van der Waals surface area contributed by atoms with Gasteiger partial charge in [-0.25, -0.2) is 4.39 Å². The van der Waals surface area contributed by atoms with Crippen LogP contribution in [0.5, 0.6) is 0 Å². The number of carbonyl (C=O) groups is 2. The van der Waals surface area contributed by atoms with Crippen LogP contribution in [0.4, 0.5) is 4.39 Å². The van der Waals surface area contributed by atoms with Crippen LogP contribution in [-0.2, 0) is 19.1 Å². The fourth-order valence-electron chi connectivity index (χ4n) is 8.41. The number of carbonyl (C=O) groups excluding carboxylic acids is 2. The normalized spacial score (nSPS) is 52.6. The molecule has 0 radical (unpaired) electrons. The Kier molecular flexibility index (Phi) is 4.52. The molecule has 0 amide bonds. The number of hydrogen-bond donors (Lipinski definition) is 2. The number of hydrogen-bond acceptors (Lipinski definition) is 6. The molecule has 172 valence electrons. The number of fused-ring (bicyclic) bond motifs is 7. The smallest absolute Gasteiger partial charge is 0.193 e. The second-order valence-corrected chi connectivity index (χ2v) is 11.3. The first-order valence-electron chi connectivity index (χ1n) is 11.5. The van der Waals surface area contributed by atoms with Crippen molar-refractivity contribution in [2.45, 2.75) is 89.6 Å². The average molecular weight is 437 g/mol. The maximum absolute atomic E-state index is 15.5. The van der Waals surface area contributed by atoms with Gasteiger partial charge in [0.1, 0.15) is 12.8 Å². The third-order valence-corrected chi connectivity index (χ3v) is 9.42. The lowest BCUT2D eigenvalue weighted by atomic mass is 9.45. The number of allylic oxidation sites excluding steroid dienone is 1. The van der Waals surface area contributed by atoms with Crippen LogP contribution in [0.3, 0.4) is 0 Å². The van der Waals surface area contributed by atoms with Crippen molar-refractivity contribution in [2.75, 3.05) is 6.61 Å². The van der Waals surface area contributed by atoms with Gasteiger partial charge in [0.2, 0.25) is 0 Å². The molecule has 6 nitrogen and oxygen atoms in total. The number of rotatable bonds is 2. The quantitative estimate of drug-likeness (QED) is 0.691. The summed E-state index contributed by atoms with van der Waals surface area (Å²) in [6.45, 7) is 6.78. The maximum Gasteiger partial charge on any atom is 0.193 e. The Balaban J connectivity index is 1.61. The van der Waals surface area contributed by atoms with Crippen molar-refractivity contribution in [1.29, 1.82) is 0 Å². The van der Waals surface area contributed by atoms with E-state index in [4.69, 9.17) is 9.47 Å². The van der Waals surface area contributed by atoms with Crippen molar-refractivity contribution < 1.29 is 33.7 Å². The zero-order valence-corrected chi connectivity index (χ0v) is 18.7. The minimum atomic E-state index is -1.35. The van der Waals surface area contributed by atoms with E-state index in [1.165, 1.54) is 6.08 Å². The Labute approximate surface area is 182 Å². The summed E-state index contributed by atoms with van der Waals surface area (Å²) in [6, 6.07) is 0. The van der Waals surface area contributed by atoms with Crippen LogP contribution < -0.4 is 0 Å². The molecule has 0 aromatic rings. The van der Waals surface area contributed by atoms with Crippen molar-refractivity contribution in [3.05, 3.63) is 11.6 Å². The Bertz CT molecular complexity index is 868. The van der Waals surface area contributed by atoms with Gasteiger partial charge in [-0.15, -0.1) is 0 Å². The Hall–Kier alpha value is -1.15. The van der Waals surface area contributed by atoms with E-state index >= 15 is 4.39 Å². The van der Waals surface area contributed by atoms with E-state index in [0.717, 1.165) is 0 Å². The molecule has 0 unspecified atom stereocenters. The first kappa shape index (κ1) is 21.7. The van der Waals surface area contributed by atoms with Gasteiger partial charge < -0.3 is 19.7 Å². The van der Waals surface area contributed by atoms with Crippen molar-refractivity contribution >= 4 is 11.6 Å². The van der Waals surface area contributed by atoms with Crippen LogP contribution in [-0.4, -0.2) is 58.2 Å². The van der Waals surface area contributed by atoms with E-state index in [-0.39, 0.29) is 30.0 Å². The van der Waals surface area contributed by atoms with Gasteiger partial charge >= 0.3 is 0 Å². The fraction of sp³-hybridized carbons (Fsp3) is 0.833. The van der Waals surface area contributed by atoms with E-state index in [0.29, 0.717) is 31.3 Å². The minimum Gasteiger partial charge on any atom is -0.393 e. The molecule has 31 heavy (non-hydrogen) atoms. The van der Waals surface area contributed by atoms with Crippen LogP contribution in [0.2, 0.25) is 0 Å². The highest BCUT2D eigenvalue weighted by Gasteiger charge is 2.77. The molecule has 0 aromatic heterocycles. The second kappa shape index (κ2) is 6.46. The number of alkyl halides is 1. The second-order valence-electron chi connectivity index (χ2n) is 11.3. The molecule has 4 fully saturated rings. The summed E-state index contributed by atoms with van der Waals surface area (Å²) in [5.74, 6) is -1.90. The molecule has 4 aliphatic carbocycles. The summed E-state index contributed by atoms with van der Waals surface area (Å²) < 4.78 is 27.9. The van der Waals surface area contributed by atoms with Crippen LogP contribution in [0.15, 0.2) is 11.6 Å². The number of aliphatic hydroxyl groups excluding tert-OH is 2. The van der Waals surface area contributed by atoms with E-state index in [9.17, 15) is 19.8 Å². The van der Waals surface area contributed by atoms with Gasteiger partial charge in [-0.05, 0) is 74.3 Å². The van der Waals surface area contributed by atoms with Gasteiger partial charge in [-0.1, -0.05) is 13.8 Å². The van der Waals surface area contributed by atoms with E-state index in [2.05, 4.69) is 0 Å². The van der Waals surface area contributed by atoms with E-state index < -0.39 is 53.0 Å². The van der Waals surface area contributed by atoms with Gasteiger partial charge in [0, 0.05) is 11.8 Å². The fourth-order valence-corrected chi connectivity index (χ4v) is 8.41. The Morgan fingerprint density at radius 3 is 2.65 bits per heavy atom. The summed E-state index contributed by atoms with van der Waals surface area (Å²) in [5.41, 5.74) is -2.19. The summed E-state index contributed by atoms with van der Waals surface area (Å²) >= 11 is 0. The van der Waals surface area contributed by atoms with Crippen molar-refractivity contribution in [3.63, 3.8) is 0 Å². The topological polar surface area (TPSA) is 93.1 Å². The summed E-state index contributed by atoms with van der Waals surface area (Å²) in [4.78, 5) is 25.2. The van der Waals surface area contributed by atoms with Crippen LogP contribution in [0.1, 0.15) is 59.8 Å². The van der Waals surface area contributed by atoms with Crippen LogP contribution in [0, 0.1) is 28.6 Å². The van der Waals surface area contributed by atoms with Gasteiger partial charge in [0.05, 0.1) is 12.2 Å². The molecule has 0 bridgehead atoms. The molecule has 3 saturated carbocycles. The molecule has 9 atom stereocenters. The standard InChI is InChI=1S/C24H33FO6/c1-21(2)30-19-9-14-13-8-16(25)15-7-12(27)5-6-22(15,3)20(13)17(28)10-23(14,4)24(19,31-21)18(29)11-26/h7,13-14,16-17,19-20,26,28H,5-6,8-11H2,1-4H3/t13-,14+,16+,17+,19+,20+,22-,23+,24-/m0/s1. The SMILES string of the molecule is CC1(C)O[C@@H]2C[C@@H]3[C@@H]4C[C@@H](F)C5=CC(=O)CC[C@]5(C)[C@H]4[C@H](O)C[C@@]3(C)[C@@]2(C(=O)CO)O1.